The number of aryl methyl sites for hydroxylation is 1. The van der Waals surface area contributed by atoms with Crippen LogP contribution in [0.1, 0.15) is 25.2 Å². The zero-order valence-electron chi connectivity index (χ0n) is 13.2. The van der Waals surface area contributed by atoms with Gasteiger partial charge in [0.2, 0.25) is 5.91 Å². The van der Waals surface area contributed by atoms with Gasteiger partial charge in [0, 0.05) is 25.5 Å². The van der Waals surface area contributed by atoms with Crippen molar-refractivity contribution in [3.8, 4) is 11.3 Å². The first kappa shape index (κ1) is 17.1. The molecule has 25 heavy (non-hydrogen) atoms. The average molecular weight is 350 g/mol. The van der Waals surface area contributed by atoms with E-state index in [1.807, 2.05) is 0 Å². The molecule has 1 saturated carbocycles. The summed E-state index contributed by atoms with van der Waals surface area (Å²) in [7, 11) is 0. The summed E-state index contributed by atoms with van der Waals surface area (Å²) >= 11 is 0. The molecule has 2 N–H and O–H groups in total. The first-order valence-corrected chi connectivity index (χ1v) is 7.80. The number of hydrogen-bond acceptors (Lipinski definition) is 4. The van der Waals surface area contributed by atoms with Gasteiger partial charge in [-0.3, -0.25) is 9.59 Å². The lowest BCUT2D eigenvalue weighted by molar-refractivity contribution is -0.143. The van der Waals surface area contributed by atoms with E-state index in [2.05, 4.69) is 10.3 Å². The minimum absolute atomic E-state index is 0.0710. The third-order valence-corrected chi connectivity index (χ3v) is 4.25. The Morgan fingerprint density at radius 1 is 1.32 bits per heavy atom. The van der Waals surface area contributed by atoms with E-state index >= 15 is 0 Å². The van der Waals surface area contributed by atoms with E-state index in [9.17, 15) is 18.4 Å². The van der Waals surface area contributed by atoms with Crippen LogP contribution in [0.15, 0.2) is 28.8 Å². The van der Waals surface area contributed by atoms with Gasteiger partial charge in [-0.25, -0.2) is 13.8 Å². The maximum absolute atomic E-state index is 13.7. The van der Waals surface area contributed by atoms with Crippen molar-refractivity contribution in [1.29, 1.82) is 0 Å². The lowest BCUT2D eigenvalue weighted by Crippen LogP contribution is -2.34. The molecule has 6 nitrogen and oxygen atoms in total. The minimum atomic E-state index is -0.897. The topological polar surface area (TPSA) is 92.4 Å². The monoisotopic (exact) mass is 350 g/mol. The summed E-state index contributed by atoms with van der Waals surface area (Å²) in [4.78, 5) is 26.8. The summed E-state index contributed by atoms with van der Waals surface area (Å²) in [6.07, 6.45) is 2.70. The Bertz CT molecular complexity index is 815. The van der Waals surface area contributed by atoms with Gasteiger partial charge in [0.1, 0.15) is 11.6 Å². The van der Waals surface area contributed by atoms with E-state index in [1.54, 1.807) is 0 Å². The molecule has 0 atom stereocenters. The number of carboxylic acids is 1. The van der Waals surface area contributed by atoms with E-state index < -0.39 is 23.0 Å². The second-order valence-corrected chi connectivity index (χ2v) is 6.10. The molecule has 3 rings (SSSR count). The van der Waals surface area contributed by atoms with E-state index in [4.69, 9.17) is 9.52 Å². The number of rotatable bonds is 7. The highest BCUT2D eigenvalue weighted by molar-refractivity contribution is 5.81. The molecule has 1 aliphatic rings. The van der Waals surface area contributed by atoms with Crippen LogP contribution in [0.5, 0.6) is 0 Å². The van der Waals surface area contributed by atoms with Crippen LogP contribution >= 0.6 is 0 Å². The quantitative estimate of drug-likeness (QED) is 0.800. The van der Waals surface area contributed by atoms with Crippen molar-refractivity contribution in [2.45, 2.75) is 25.7 Å². The van der Waals surface area contributed by atoms with Crippen molar-refractivity contribution in [1.82, 2.24) is 10.3 Å². The number of carbonyl (C=O) groups excluding carboxylic acids is 1. The molecule has 1 fully saturated rings. The molecule has 132 valence electrons. The standard InChI is InChI=1S/C17H16F2N2O4/c18-10-1-2-11(12(19)7-10)13-8-20-15(25-13)4-3-14(22)21-9-17(5-6-17)16(23)24/h1-2,7-8H,3-6,9H2,(H,21,22)(H,23,24). The maximum atomic E-state index is 13.7. The van der Waals surface area contributed by atoms with Crippen molar-refractivity contribution in [2.24, 2.45) is 5.41 Å². The third-order valence-electron chi connectivity index (χ3n) is 4.25. The first-order chi connectivity index (χ1) is 11.9. The predicted octanol–water partition coefficient (Wildman–Crippen LogP) is 2.53. The molecule has 8 heteroatoms. The Kier molecular flexibility index (Phi) is 4.52. The van der Waals surface area contributed by atoms with Gasteiger partial charge in [0.05, 0.1) is 17.2 Å². The Morgan fingerprint density at radius 3 is 2.72 bits per heavy atom. The molecule has 2 aromatic rings. The summed E-state index contributed by atoms with van der Waals surface area (Å²) in [5, 5.41) is 11.6. The van der Waals surface area contributed by atoms with Gasteiger partial charge in [-0.1, -0.05) is 0 Å². The highest BCUT2D eigenvalue weighted by atomic mass is 19.1. The number of benzene rings is 1. The molecule has 1 aliphatic carbocycles. The molecule has 0 aliphatic heterocycles. The number of nitrogens with one attached hydrogen (secondary N) is 1. The summed E-state index contributed by atoms with van der Waals surface area (Å²) in [6.45, 7) is 0.110. The predicted molar refractivity (Wildman–Crippen MR) is 82.5 cm³/mol. The fraction of sp³-hybridized carbons (Fsp3) is 0.353. The summed E-state index contributed by atoms with van der Waals surface area (Å²) in [5.41, 5.74) is -0.729. The fourth-order valence-electron chi connectivity index (χ4n) is 2.43. The number of oxazole rings is 1. The van der Waals surface area contributed by atoms with Crippen LogP contribution in [0.3, 0.4) is 0 Å². The Hall–Kier alpha value is -2.77. The number of hydrogen-bond donors (Lipinski definition) is 2. The minimum Gasteiger partial charge on any atom is -0.481 e. The van der Waals surface area contributed by atoms with Crippen molar-refractivity contribution in [3.63, 3.8) is 0 Å². The Balaban J connectivity index is 1.53. The molecule has 1 amide bonds. The molecular weight excluding hydrogens is 334 g/mol. The molecular formula is C17H16F2N2O4. The molecule has 1 aromatic heterocycles. The number of carbonyl (C=O) groups is 2. The third kappa shape index (κ3) is 3.84. The number of nitrogens with zero attached hydrogens (tertiary/aromatic N) is 1. The van der Waals surface area contributed by atoms with E-state index in [0.29, 0.717) is 12.8 Å². The van der Waals surface area contributed by atoms with Gasteiger partial charge in [0.25, 0.3) is 0 Å². The molecule has 1 aromatic carbocycles. The second kappa shape index (κ2) is 6.62. The van der Waals surface area contributed by atoms with Crippen molar-refractivity contribution < 1.29 is 27.9 Å². The summed E-state index contributed by atoms with van der Waals surface area (Å²) in [6, 6.07) is 3.12. The first-order valence-electron chi connectivity index (χ1n) is 7.80. The average Bonchev–Trinajstić information content (AvgIpc) is 3.23. The normalized spacial score (nSPS) is 15.0. The lowest BCUT2D eigenvalue weighted by atomic mass is 10.1. The van der Waals surface area contributed by atoms with E-state index in [1.165, 1.54) is 12.3 Å². The van der Waals surface area contributed by atoms with Crippen molar-refractivity contribution in [2.75, 3.05) is 6.54 Å². The highest BCUT2D eigenvalue weighted by Gasteiger charge is 2.50. The van der Waals surface area contributed by atoms with Gasteiger partial charge < -0.3 is 14.8 Å². The largest absolute Gasteiger partial charge is 0.481 e. The van der Waals surface area contributed by atoms with Crippen LogP contribution in [0.25, 0.3) is 11.3 Å². The Labute approximate surface area is 141 Å². The van der Waals surface area contributed by atoms with Gasteiger partial charge in [-0.05, 0) is 25.0 Å². The van der Waals surface area contributed by atoms with Gasteiger partial charge in [-0.15, -0.1) is 0 Å². The molecule has 0 radical (unpaired) electrons. The molecule has 0 bridgehead atoms. The van der Waals surface area contributed by atoms with Gasteiger partial charge >= 0.3 is 5.97 Å². The number of aliphatic carboxylic acids is 1. The highest BCUT2D eigenvalue weighted by Crippen LogP contribution is 2.45. The summed E-state index contributed by atoms with van der Waals surface area (Å²) in [5.74, 6) is -2.26. The summed E-state index contributed by atoms with van der Waals surface area (Å²) < 4.78 is 32.0. The van der Waals surface area contributed by atoms with Gasteiger partial charge in [-0.2, -0.15) is 0 Å². The van der Waals surface area contributed by atoms with Crippen LogP contribution in [0.2, 0.25) is 0 Å². The Morgan fingerprint density at radius 2 is 2.08 bits per heavy atom. The molecule has 0 unspecified atom stereocenters. The molecule has 1 heterocycles. The van der Waals surface area contributed by atoms with E-state index in [0.717, 1.165) is 12.1 Å². The van der Waals surface area contributed by atoms with Crippen LogP contribution in [0.4, 0.5) is 8.78 Å². The smallest absolute Gasteiger partial charge is 0.311 e. The SMILES string of the molecule is O=C(CCc1ncc(-c2ccc(F)cc2F)o1)NCC1(C(=O)O)CC1. The van der Waals surface area contributed by atoms with Crippen LogP contribution < -0.4 is 5.32 Å². The number of carboxylic acid groups (broad SMARTS) is 1. The van der Waals surface area contributed by atoms with Crippen LogP contribution in [-0.4, -0.2) is 28.5 Å². The van der Waals surface area contributed by atoms with Crippen molar-refractivity contribution in [3.05, 3.63) is 41.9 Å². The zero-order valence-corrected chi connectivity index (χ0v) is 13.2. The maximum Gasteiger partial charge on any atom is 0.311 e. The van der Waals surface area contributed by atoms with Gasteiger partial charge in [0.15, 0.2) is 11.7 Å². The van der Waals surface area contributed by atoms with Crippen LogP contribution in [-0.2, 0) is 16.0 Å². The molecule has 0 spiro atoms. The van der Waals surface area contributed by atoms with E-state index in [-0.39, 0.29) is 42.5 Å². The zero-order chi connectivity index (χ0) is 18.0. The lowest BCUT2D eigenvalue weighted by Gasteiger charge is -2.10. The molecule has 0 saturated heterocycles. The fourth-order valence-corrected chi connectivity index (χ4v) is 2.43. The number of aromatic nitrogens is 1. The number of amides is 1. The number of halogens is 2. The van der Waals surface area contributed by atoms with Crippen LogP contribution in [0, 0.1) is 17.0 Å². The van der Waals surface area contributed by atoms with Crippen molar-refractivity contribution >= 4 is 11.9 Å². The second-order valence-electron chi connectivity index (χ2n) is 6.10.